The van der Waals surface area contributed by atoms with Crippen LogP contribution >= 0.6 is 0 Å². The molecule has 1 atom stereocenters. The van der Waals surface area contributed by atoms with Crippen molar-refractivity contribution in [1.29, 1.82) is 0 Å². The quantitative estimate of drug-likeness (QED) is 0.832. The fourth-order valence-electron chi connectivity index (χ4n) is 3.37. The van der Waals surface area contributed by atoms with Crippen LogP contribution in [0.15, 0.2) is 48.5 Å². The maximum atomic E-state index is 12.6. The number of carbonyl (C=O) groups excluding carboxylic acids is 1. The number of methoxy groups -OCH3 is 1. The monoisotopic (exact) mass is 339 g/mol. The molecule has 0 aliphatic carbocycles. The van der Waals surface area contributed by atoms with Crippen LogP contribution in [0, 0.1) is 6.92 Å². The first-order valence-electron chi connectivity index (χ1n) is 8.77. The van der Waals surface area contributed by atoms with Crippen LogP contribution in [0.3, 0.4) is 0 Å². The molecule has 0 saturated carbocycles. The lowest BCUT2D eigenvalue weighted by Crippen LogP contribution is -2.41. The highest BCUT2D eigenvalue weighted by molar-refractivity contribution is 5.78. The Morgan fingerprint density at radius 2 is 1.96 bits per heavy atom. The molecule has 2 aromatic carbocycles. The Bertz CT molecular complexity index is 729. The minimum atomic E-state index is 0.0308. The van der Waals surface area contributed by atoms with Crippen LogP contribution in [-0.2, 0) is 4.79 Å². The highest BCUT2D eigenvalue weighted by atomic mass is 16.5. The summed E-state index contributed by atoms with van der Waals surface area (Å²) in [6.45, 7) is 3.71. The van der Waals surface area contributed by atoms with Gasteiger partial charge in [-0.3, -0.25) is 4.79 Å². The number of benzene rings is 2. The Labute approximate surface area is 149 Å². The Morgan fingerprint density at radius 3 is 2.72 bits per heavy atom. The van der Waals surface area contributed by atoms with E-state index in [1.165, 1.54) is 11.1 Å². The van der Waals surface area contributed by atoms with Crippen LogP contribution in [0.4, 0.5) is 0 Å². The molecular weight excluding hydrogens is 314 g/mol. The minimum absolute atomic E-state index is 0.0308. The first-order chi connectivity index (χ1) is 12.2. The number of para-hydroxylation sites is 2. The molecule has 1 aliphatic heterocycles. The van der Waals surface area contributed by atoms with Gasteiger partial charge in [-0.1, -0.05) is 42.0 Å². The number of nitrogens with zero attached hydrogens (tertiary/aromatic N) is 1. The molecule has 2 aromatic rings. The number of likely N-dealkylation sites (tertiary alicyclic amines) is 1. The molecule has 0 unspecified atom stereocenters. The molecule has 0 N–H and O–H groups in total. The molecule has 1 fully saturated rings. The highest BCUT2D eigenvalue weighted by Gasteiger charge is 2.25. The number of rotatable bonds is 5. The van der Waals surface area contributed by atoms with Crippen LogP contribution in [0.25, 0.3) is 0 Å². The Hall–Kier alpha value is -2.49. The van der Waals surface area contributed by atoms with Gasteiger partial charge in [-0.15, -0.1) is 0 Å². The van der Waals surface area contributed by atoms with Gasteiger partial charge in [0.25, 0.3) is 5.91 Å². The number of amides is 1. The largest absolute Gasteiger partial charge is 0.493 e. The van der Waals surface area contributed by atoms with Gasteiger partial charge < -0.3 is 14.4 Å². The van der Waals surface area contributed by atoms with E-state index in [0.29, 0.717) is 17.4 Å². The van der Waals surface area contributed by atoms with E-state index < -0.39 is 0 Å². The molecule has 25 heavy (non-hydrogen) atoms. The first-order valence-corrected chi connectivity index (χ1v) is 8.77. The summed E-state index contributed by atoms with van der Waals surface area (Å²) in [5, 5.41) is 0. The lowest BCUT2D eigenvalue weighted by atomic mass is 9.90. The predicted octanol–water partition coefficient (Wildman–Crippen LogP) is 3.79. The first kappa shape index (κ1) is 17.3. The summed E-state index contributed by atoms with van der Waals surface area (Å²) in [6.07, 6.45) is 2.15. The number of carbonyl (C=O) groups is 1. The van der Waals surface area contributed by atoms with Gasteiger partial charge in [-0.2, -0.15) is 0 Å². The van der Waals surface area contributed by atoms with Gasteiger partial charge >= 0.3 is 0 Å². The van der Waals surface area contributed by atoms with Crippen LogP contribution in [0.1, 0.15) is 29.9 Å². The summed E-state index contributed by atoms with van der Waals surface area (Å²) < 4.78 is 10.9. The summed E-state index contributed by atoms with van der Waals surface area (Å²) in [4.78, 5) is 14.5. The molecule has 4 heteroatoms. The zero-order valence-corrected chi connectivity index (χ0v) is 14.9. The lowest BCUT2D eigenvalue weighted by Gasteiger charge is -2.33. The van der Waals surface area contributed by atoms with Crippen molar-refractivity contribution in [2.45, 2.75) is 25.7 Å². The maximum absolute atomic E-state index is 12.6. The molecule has 1 saturated heterocycles. The van der Waals surface area contributed by atoms with Crippen LogP contribution in [-0.4, -0.2) is 37.6 Å². The van der Waals surface area contributed by atoms with Gasteiger partial charge in [0.1, 0.15) is 0 Å². The molecule has 0 spiro atoms. The third kappa shape index (κ3) is 4.32. The molecule has 0 radical (unpaired) electrons. The smallest absolute Gasteiger partial charge is 0.260 e. The fourth-order valence-corrected chi connectivity index (χ4v) is 3.37. The van der Waals surface area contributed by atoms with E-state index in [-0.39, 0.29) is 12.5 Å². The maximum Gasteiger partial charge on any atom is 0.260 e. The second-order valence-corrected chi connectivity index (χ2v) is 6.53. The molecule has 132 valence electrons. The van der Waals surface area contributed by atoms with Gasteiger partial charge in [0, 0.05) is 19.0 Å². The van der Waals surface area contributed by atoms with E-state index in [2.05, 4.69) is 31.2 Å². The third-order valence-corrected chi connectivity index (χ3v) is 4.71. The summed E-state index contributed by atoms with van der Waals surface area (Å²) >= 11 is 0. The van der Waals surface area contributed by atoms with Gasteiger partial charge in [-0.25, -0.2) is 0 Å². The van der Waals surface area contributed by atoms with E-state index in [1.807, 2.05) is 29.2 Å². The zero-order chi connectivity index (χ0) is 17.6. The fraction of sp³-hybridized carbons (Fsp3) is 0.381. The standard InChI is InChI=1S/C21H25NO3/c1-16-7-5-8-17(13-16)18-9-6-12-22(14-18)21(23)15-25-20-11-4-3-10-19(20)24-2/h3-5,7-8,10-11,13,18H,6,9,12,14-15H2,1-2H3/t18-/m1/s1. The van der Waals surface area contributed by atoms with Crippen LogP contribution in [0.5, 0.6) is 11.5 Å². The average Bonchev–Trinajstić information content (AvgIpc) is 2.66. The summed E-state index contributed by atoms with van der Waals surface area (Å²) in [6, 6.07) is 16.0. The highest BCUT2D eigenvalue weighted by Crippen LogP contribution is 2.28. The third-order valence-electron chi connectivity index (χ3n) is 4.71. The molecule has 4 nitrogen and oxygen atoms in total. The number of ether oxygens (including phenoxy) is 2. The van der Waals surface area contributed by atoms with E-state index in [0.717, 1.165) is 25.9 Å². The predicted molar refractivity (Wildman–Crippen MR) is 98.2 cm³/mol. The molecular formula is C21H25NO3. The van der Waals surface area contributed by atoms with Crippen molar-refractivity contribution in [2.24, 2.45) is 0 Å². The van der Waals surface area contributed by atoms with Crippen molar-refractivity contribution < 1.29 is 14.3 Å². The van der Waals surface area contributed by atoms with Gasteiger partial charge in [0.2, 0.25) is 0 Å². The minimum Gasteiger partial charge on any atom is -0.493 e. The van der Waals surface area contributed by atoms with Crippen molar-refractivity contribution in [3.8, 4) is 11.5 Å². The molecule has 1 aliphatic rings. The Balaban J connectivity index is 1.60. The van der Waals surface area contributed by atoms with Gasteiger partial charge in [0.15, 0.2) is 18.1 Å². The van der Waals surface area contributed by atoms with Crippen molar-refractivity contribution >= 4 is 5.91 Å². The van der Waals surface area contributed by atoms with E-state index in [1.54, 1.807) is 7.11 Å². The second-order valence-electron chi connectivity index (χ2n) is 6.53. The average molecular weight is 339 g/mol. The zero-order valence-electron chi connectivity index (χ0n) is 14.9. The van der Waals surface area contributed by atoms with Crippen molar-refractivity contribution in [2.75, 3.05) is 26.8 Å². The molecule has 1 heterocycles. The summed E-state index contributed by atoms with van der Waals surface area (Å²) in [5.41, 5.74) is 2.59. The van der Waals surface area contributed by atoms with E-state index in [4.69, 9.17) is 9.47 Å². The van der Waals surface area contributed by atoms with Gasteiger partial charge in [0.05, 0.1) is 7.11 Å². The van der Waals surface area contributed by atoms with E-state index in [9.17, 15) is 4.79 Å². The Kier molecular flexibility index (Phi) is 5.59. The molecule has 1 amide bonds. The second kappa shape index (κ2) is 8.06. The number of aryl methyl sites for hydroxylation is 1. The van der Waals surface area contributed by atoms with Crippen LogP contribution in [0.2, 0.25) is 0 Å². The number of piperidine rings is 1. The molecule has 0 bridgehead atoms. The number of hydrogen-bond acceptors (Lipinski definition) is 3. The van der Waals surface area contributed by atoms with E-state index >= 15 is 0 Å². The normalized spacial score (nSPS) is 17.2. The molecule has 0 aromatic heterocycles. The lowest BCUT2D eigenvalue weighted by molar-refractivity contribution is -0.134. The van der Waals surface area contributed by atoms with Crippen LogP contribution < -0.4 is 9.47 Å². The summed E-state index contributed by atoms with van der Waals surface area (Å²) in [7, 11) is 1.60. The SMILES string of the molecule is COc1ccccc1OCC(=O)N1CCC[C@@H](c2cccc(C)c2)C1. The number of hydrogen-bond donors (Lipinski definition) is 0. The van der Waals surface area contributed by atoms with Gasteiger partial charge in [-0.05, 0) is 37.5 Å². The van der Waals surface area contributed by atoms with Crippen molar-refractivity contribution in [3.05, 3.63) is 59.7 Å². The summed E-state index contributed by atoms with van der Waals surface area (Å²) in [5.74, 6) is 1.68. The topological polar surface area (TPSA) is 38.8 Å². The molecule has 3 rings (SSSR count). The van der Waals surface area contributed by atoms with Crippen molar-refractivity contribution in [3.63, 3.8) is 0 Å². The Morgan fingerprint density at radius 1 is 1.16 bits per heavy atom. The van der Waals surface area contributed by atoms with Crippen molar-refractivity contribution in [1.82, 2.24) is 4.90 Å².